The van der Waals surface area contributed by atoms with Crippen LogP contribution in [-0.2, 0) is 9.57 Å². The van der Waals surface area contributed by atoms with E-state index >= 15 is 0 Å². The van der Waals surface area contributed by atoms with Crippen molar-refractivity contribution in [1.82, 2.24) is 5.32 Å². The summed E-state index contributed by atoms with van der Waals surface area (Å²) in [5.41, 5.74) is 0.0417. The molecule has 0 spiro atoms. The number of rotatable bonds is 3. The Labute approximate surface area is 90.8 Å². The Morgan fingerprint density at radius 2 is 2.00 bits per heavy atom. The van der Waals surface area contributed by atoms with Gasteiger partial charge in [0, 0.05) is 13.5 Å². The molecule has 0 saturated heterocycles. The fourth-order valence-electron chi connectivity index (χ4n) is 0.868. The van der Waals surface area contributed by atoms with Crippen molar-refractivity contribution in [2.45, 2.75) is 34.1 Å². The average molecular weight is 216 g/mol. The molecule has 15 heavy (non-hydrogen) atoms. The highest BCUT2D eigenvalue weighted by atomic mass is 16.7. The van der Waals surface area contributed by atoms with E-state index in [0.717, 1.165) is 0 Å². The molecule has 0 aromatic heterocycles. The number of hydrogen-bond acceptors (Lipinski definition) is 4. The standard InChI is InChI=1S/C10H20N2O3/c1-6-14-8(7-10(2,3)4)12-15-9(13)11-5/h6-7H2,1-5H3,(H,11,13). The van der Waals surface area contributed by atoms with Crippen molar-refractivity contribution in [1.29, 1.82) is 0 Å². The molecule has 0 rings (SSSR count). The third-order valence-electron chi connectivity index (χ3n) is 1.43. The molecule has 0 fully saturated rings. The first kappa shape index (κ1) is 13.7. The molecule has 0 saturated carbocycles. The minimum atomic E-state index is -0.596. The van der Waals surface area contributed by atoms with Crippen LogP contribution in [0.3, 0.4) is 0 Å². The summed E-state index contributed by atoms with van der Waals surface area (Å²) in [6.45, 7) is 8.54. The van der Waals surface area contributed by atoms with E-state index in [0.29, 0.717) is 18.9 Å². The number of amides is 1. The molecular formula is C10H20N2O3. The fourth-order valence-corrected chi connectivity index (χ4v) is 0.868. The van der Waals surface area contributed by atoms with Gasteiger partial charge in [0.2, 0.25) is 5.90 Å². The number of carbonyl (C=O) groups is 1. The average Bonchev–Trinajstić information content (AvgIpc) is 2.11. The largest absolute Gasteiger partial charge is 0.479 e. The first-order valence-electron chi connectivity index (χ1n) is 4.97. The summed E-state index contributed by atoms with van der Waals surface area (Å²) in [6, 6.07) is 0. The van der Waals surface area contributed by atoms with Gasteiger partial charge in [-0.05, 0) is 17.5 Å². The molecule has 0 aromatic rings. The number of nitrogens with one attached hydrogen (secondary N) is 1. The van der Waals surface area contributed by atoms with E-state index in [1.54, 1.807) is 0 Å². The lowest BCUT2D eigenvalue weighted by molar-refractivity contribution is 0.145. The molecule has 1 amide bonds. The van der Waals surface area contributed by atoms with Crippen LogP contribution in [0.4, 0.5) is 4.79 Å². The third kappa shape index (κ3) is 7.78. The Hall–Kier alpha value is -1.26. The normalized spacial score (nSPS) is 12.2. The number of ether oxygens (including phenoxy) is 1. The molecule has 0 aromatic carbocycles. The molecular weight excluding hydrogens is 196 g/mol. The Balaban J connectivity index is 4.31. The van der Waals surface area contributed by atoms with Gasteiger partial charge in [0.15, 0.2) is 0 Å². The van der Waals surface area contributed by atoms with Crippen molar-refractivity contribution >= 4 is 12.0 Å². The van der Waals surface area contributed by atoms with E-state index in [1.165, 1.54) is 7.05 Å². The summed E-state index contributed by atoms with van der Waals surface area (Å²) in [5, 5.41) is 5.95. The Morgan fingerprint density at radius 1 is 1.40 bits per heavy atom. The summed E-state index contributed by atoms with van der Waals surface area (Å²) >= 11 is 0. The fraction of sp³-hybridized carbons (Fsp3) is 0.800. The third-order valence-corrected chi connectivity index (χ3v) is 1.43. The molecule has 0 heterocycles. The predicted molar refractivity (Wildman–Crippen MR) is 58.7 cm³/mol. The SMILES string of the molecule is CCOC(CC(C)(C)C)=NOC(=O)NC. The van der Waals surface area contributed by atoms with E-state index in [9.17, 15) is 4.79 Å². The second kappa shape index (κ2) is 6.27. The number of oxime groups is 1. The Bertz CT molecular complexity index is 231. The topological polar surface area (TPSA) is 59.9 Å². The van der Waals surface area contributed by atoms with Crippen LogP contribution in [0.25, 0.3) is 0 Å². The highest BCUT2D eigenvalue weighted by molar-refractivity contribution is 5.77. The van der Waals surface area contributed by atoms with Gasteiger partial charge in [0.25, 0.3) is 0 Å². The lowest BCUT2D eigenvalue weighted by Crippen LogP contribution is -2.20. The highest BCUT2D eigenvalue weighted by Crippen LogP contribution is 2.19. The van der Waals surface area contributed by atoms with Crippen molar-refractivity contribution in [2.24, 2.45) is 10.6 Å². The first-order chi connectivity index (χ1) is 6.89. The van der Waals surface area contributed by atoms with Crippen molar-refractivity contribution in [3.8, 4) is 0 Å². The van der Waals surface area contributed by atoms with Gasteiger partial charge in [0.05, 0.1) is 6.61 Å². The summed E-state index contributed by atoms with van der Waals surface area (Å²) in [7, 11) is 1.47. The molecule has 0 unspecified atom stereocenters. The van der Waals surface area contributed by atoms with Crippen molar-refractivity contribution in [2.75, 3.05) is 13.7 Å². The second-order valence-corrected chi connectivity index (χ2v) is 4.28. The maximum atomic E-state index is 10.8. The zero-order valence-electron chi connectivity index (χ0n) is 10.1. The maximum absolute atomic E-state index is 10.8. The Morgan fingerprint density at radius 3 is 2.40 bits per heavy atom. The molecule has 0 aliphatic carbocycles. The van der Waals surface area contributed by atoms with E-state index in [1.807, 2.05) is 6.92 Å². The highest BCUT2D eigenvalue weighted by Gasteiger charge is 2.16. The summed E-state index contributed by atoms with van der Waals surface area (Å²) in [4.78, 5) is 15.4. The van der Waals surface area contributed by atoms with E-state index in [4.69, 9.17) is 4.74 Å². The van der Waals surface area contributed by atoms with Crippen LogP contribution in [-0.4, -0.2) is 25.6 Å². The van der Waals surface area contributed by atoms with Crippen LogP contribution >= 0.6 is 0 Å². The van der Waals surface area contributed by atoms with Crippen LogP contribution in [0.1, 0.15) is 34.1 Å². The Kier molecular flexibility index (Phi) is 5.74. The van der Waals surface area contributed by atoms with Gasteiger partial charge in [-0.1, -0.05) is 20.8 Å². The maximum Gasteiger partial charge on any atom is 0.433 e. The van der Waals surface area contributed by atoms with Crippen LogP contribution in [0.5, 0.6) is 0 Å². The lowest BCUT2D eigenvalue weighted by atomic mass is 9.92. The molecule has 5 nitrogen and oxygen atoms in total. The van der Waals surface area contributed by atoms with Crippen LogP contribution < -0.4 is 5.32 Å². The van der Waals surface area contributed by atoms with Crippen molar-refractivity contribution < 1.29 is 14.4 Å². The molecule has 0 aliphatic heterocycles. The van der Waals surface area contributed by atoms with Crippen molar-refractivity contribution in [3.05, 3.63) is 0 Å². The second-order valence-electron chi connectivity index (χ2n) is 4.28. The quantitative estimate of drug-likeness (QED) is 0.340. The van der Waals surface area contributed by atoms with Gasteiger partial charge >= 0.3 is 6.09 Å². The number of hydrogen-bond donors (Lipinski definition) is 1. The predicted octanol–water partition coefficient (Wildman–Crippen LogP) is 2.13. The molecule has 0 radical (unpaired) electrons. The van der Waals surface area contributed by atoms with Crippen LogP contribution in [0, 0.1) is 5.41 Å². The van der Waals surface area contributed by atoms with E-state index in [-0.39, 0.29) is 5.41 Å². The smallest absolute Gasteiger partial charge is 0.433 e. The summed E-state index contributed by atoms with van der Waals surface area (Å²) in [6.07, 6.45) is 0.0267. The van der Waals surface area contributed by atoms with E-state index < -0.39 is 6.09 Å². The number of carbonyl (C=O) groups excluding carboxylic acids is 1. The van der Waals surface area contributed by atoms with Crippen molar-refractivity contribution in [3.63, 3.8) is 0 Å². The molecule has 0 aliphatic rings. The summed E-state index contributed by atoms with van der Waals surface area (Å²) < 4.78 is 5.26. The van der Waals surface area contributed by atoms with Gasteiger partial charge < -0.3 is 10.1 Å². The zero-order chi connectivity index (χ0) is 11.9. The lowest BCUT2D eigenvalue weighted by Gasteiger charge is -2.18. The monoisotopic (exact) mass is 216 g/mol. The molecule has 88 valence electrons. The molecule has 5 heteroatoms. The number of nitrogens with zero attached hydrogens (tertiary/aromatic N) is 1. The minimum Gasteiger partial charge on any atom is -0.479 e. The van der Waals surface area contributed by atoms with Gasteiger partial charge in [-0.25, -0.2) is 4.79 Å². The van der Waals surface area contributed by atoms with Gasteiger partial charge in [0.1, 0.15) is 0 Å². The minimum absolute atomic E-state index is 0.0417. The van der Waals surface area contributed by atoms with Gasteiger partial charge in [-0.15, -0.1) is 0 Å². The van der Waals surface area contributed by atoms with Crippen LogP contribution in [0.2, 0.25) is 0 Å². The van der Waals surface area contributed by atoms with E-state index in [2.05, 4.69) is 36.1 Å². The van der Waals surface area contributed by atoms with Crippen LogP contribution in [0.15, 0.2) is 5.16 Å². The zero-order valence-corrected chi connectivity index (χ0v) is 10.1. The molecule has 0 atom stereocenters. The van der Waals surface area contributed by atoms with Gasteiger partial charge in [-0.3, -0.25) is 4.84 Å². The molecule has 0 bridgehead atoms. The van der Waals surface area contributed by atoms with Gasteiger partial charge in [-0.2, -0.15) is 0 Å². The molecule has 1 N–H and O–H groups in total. The first-order valence-corrected chi connectivity index (χ1v) is 4.97. The summed E-state index contributed by atoms with van der Waals surface area (Å²) in [5.74, 6) is 0.439.